The Morgan fingerprint density at radius 1 is 1.06 bits per heavy atom. The summed E-state index contributed by atoms with van der Waals surface area (Å²) in [6, 6.07) is 22.2. The zero-order valence-electron chi connectivity index (χ0n) is 18.4. The maximum atomic E-state index is 11.4. The third kappa shape index (κ3) is 5.21. The molecule has 168 valence electrons. The molecule has 0 fully saturated rings. The molecule has 0 saturated carbocycles. The molecule has 0 spiro atoms. The minimum absolute atomic E-state index is 0.0497. The van der Waals surface area contributed by atoms with Gasteiger partial charge in [0.15, 0.2) is 0 Å². The van der Waals surface area contributed by atoms with E-state index < -0.39 is 15.9 Å². The lowest BCUT2D eigenvalue weighted by Crippen LogP contribution is -2.32. The van der Waals surface area contributed by atoms with Crippen LogP contribution in [-0.2, 0) is 22.9 Å². The normalized spacial score (nSPS) is 17.8. The molecule has 6 heteroatoms. The zero-order valence-corrected chi connectivity index (χ0v) is 19.2. The van der Waals surface area contributed by atoms with E-state index in [0.717, 1.165) is 22.4 Å². The van der Waals surface area contributed by atoms with Gasteiger partial charge in [0.1, 0.15) is 22.2 Å². The SMILES string of the molecule is Cc1c(COc2ccc3c(c2)C[C@H](O)[C@H]3NCCS(C)(=O)=O)cccc1-c1ccccc1. The Kier molecular flexibility index (Phi) is 6.65. The van der Waals surface area contributed by atoms with Crippen molar-refractivity contribution in [1.29, 1.82) is 0 Å². The Morgan fingerprint density at radius 2 is 1.84 bits per heavy atom. The van der Waals surface area contributed by atoms with Crippen molar-refractivity contribution in [3.05, 3.63) is 89.0 Å². The highest BCUT2D eigenvalue weighted by atomic mass is 32.2. The number of hydrogen-bond acceptors (Lipinski definition) is 5. The lowest BCUT2D eigenvalue weighted by molar-refractivity contribution is 0.142. The topological polar surface area (TPSA) is 75.6 Å². The average molecular weight is 452 g/mol. The second kappa shape index (κ2) is 9.45. The Bertz CT molecular complexity index is 1190. The third-order valence-electron chi connectivity index (χ3n) is 6.03. The number of aliphatic hydroxyl groups is 1. The zero-order chi connectivity index (χ0) is 22.7. The van der Waals surface area contributed by atoms with Crippen LogP contribution in [0.25, 0.3) is 11.1 Å². The highest BCUT2D eigenvalue weighted by Crippen LogP contribution is 2.34. The van der Waals surface area contributed by atoms with Crippen LogP contribution in [0.3, 0.4) is 0 Å². The highest BCUT2D eigenvalue weighted by molar-refractivity contribution is 7.90. The molecule has 0 saturated heterocycles. The molecule has 4 rings (SSSR count). The molecule has 0 amide bonds. The van der Waals surface area contributed by atoms with Gasteiger partial charge < -0.3 is 15.2 Å². The summed E-state index contributed by atoms with van der Waals surface area (Å²) in [7, 11) is -3.04. The standard InChI is InChI=1S/C26H29NO4S/c1-18-20(9-6-10-23(18)19-7-4-3-5-8-19)17-31-22-11-12-24-21(15-22)16-25(28)26(24)27-13-14-32(2,29)30/h3-12,15,25-28H,13-14,16-17H2,1-2H3/t25-,26-/m0/s1. The van der Waals surface area contributed by atoms with E-state index in [1.165, 1.54) is 22.9 Å². The quantitative estimate of drug-likeness (QED) is 0.544. The number of rotatable bonds is 8. The van der Waals surface area contributed by atoms with Gasteiger partial charge in [0, 0.05) is 19.2 Å². The molecular weight excluding hydrogens is 422 g/mol. The predicted molar refractivity (Wildman–Crippen MR) is 128 cm³/mol. The van der Waals surface area contributed by atoms with Gasteiger partial charge in [0.05, 0.1) is 17.9 Å². The van der Waals surface area contributed by atoms with Gasteiger partial charge in [-0.25, -0.2) is 8.42 Å². The summed E-state index contributed by atoms with van der Waals surface area (Å²) in [5, 5.41) is 13.6. The molecule has 0 unspecified atom stereocenters. The van der Waals surface area contributed by atoms with Gasteiger partial charge in [-0.3, -0.25) is 0 Å². The van der Waals surface area contributed by atoms with E-state index in [1.807, 2.05) is 36.4 Å². The van der Waals surface area contributed by atoms with Gasteiger partial charge in [-0.2, -0.15) is 0 Å². The summed E-state index contributed by atoms with van der Waals surface area (Å²) in [6.45, 7) is 2.89. The van der Waals surface area contributed by atoms with Crippen molar-refractivity contribution < 1.29 is 18.3 Å². The van der Waals surface area contributed by atoms with Gasteiger partial charge in [-0.1, -0.05) is 54.6 Å². The first-order valence-electron chi connectivity index (χ1n) is 10.8. The number of sulfone groups is 1. The molecule has 2 atom stereocenters. The van der Waals surface area contributed by atoms with Gasteiger partial charge in [0.2, 0.25) is 0 Å². The lowest BCUT2D eigenvalue weighted by atomic mass is 9.97. The van der Waals surface area contributed by atoms with Crippen LogP contribution in [0.15, 0.2) is 66.7 Å². The maximum absolute atomic E-state index is 11.4. The molecule has 32 heavy (non-hydrogen) atoms. The molecule has 1 aliphatic rings. The highest BCUT2D eigenvalue weighted by Gasteiger charge is 2.31. The molecule has 2 N–H and O–H groups in total. The fourth-order valence-corrected chi connectivity index (χ4v) is 4.77. The van der Waals surface area contributed by atoms with Crippen molar-refractivity contribution >= 4 is 9.84 Å². The molecule has 3 aromatic carbocycles. The lowest BCUT2D eigenvalue weighted by Gasteiger charge is -2.18. The Balaban J connectivity index is 1.44. The minimum atomic E-state index is -3.04. The smallest absolute Gasteiger partial charge is 0.148 e. The third-order valence-corrected chi connectivity index (χ3v) is 6.97. The number of benzene rings is 3. The van der Waals surface area contributed by atoms with E-state index in [1.54, 1.807) is 0 Å². The van der Waals surface area contributed by atoms with Gasteiger partial charge >= 0.3 is 0 Å². The molecule has 0 radical (unpaired) electrons. The Labute approximate surface area is 190 Å². The van der Waals surface area contributed by atoms with Gasteiger partial charge in [0.25, 0.3) is 0 Å². The molecule has 0 aliphatic heterocycles. The van der Waals surface area contributed by atoms with Crippen LogP contribution in [0.2, 0.25) is 0 Å². The van der Waals surface area contributed by atoms with E-state index in [2.05, 4.69) is 42.6 Å². The number of nitrogens with one attached hydrogen (secondary N) is 1. The molecule has 1 aliphatic carbocycles. The minimum Gasteiger partial charge on any atom is -0.489 e. The van der Waals surface area contributed by atoms with Gasteiger partial charge in [-0.05, 0) is 52.4 Å². The van der Waals surface area contributed by atoms with Crippen molar-refractivity contribution in [3.63, 3.8) is 0 Å². The molecule has 3 aromatic rings. The van der Waals surface area contributed by atoms with E-state index in [9.17, 15) is 13.5 Å². The monoisotopic (exact) mass is 451 g/mol. The number of ether oxygens (including phenoxy) is 1. The summed E-state index contributed by atoms with van der Waals surface area (Å²) in [4.78, 5) is 0. The average Bonchev–Trinajstić information content (AvgIpc) is 3.07. The molecule has 0 aromatic heterocycles. The summed E-state index contributed by atoms with van der Waals surface area (Å²) in [6.07, 6.45) is 1.16. The van der Waals surface area contributed by atoms with Crippen LogP contribution in [0.5, 0.6) is 5.75 Å². The van der Waals surface area contributed by atoms with Crippen LogP contribution in [-0.4, -0.2) is 38.2 Å². The van der Waals surface area contributed by atoms with Crippen LogP contribution in [0.4, 0.5) is 0 Å². The van der Waals surface area contributed by atoms with Crippen LogP contribution >= 0.6 is 0 Å². The number of aliphatic hydroxyl groups excluding tert-OH is 1. The van der Waals surface area contributed by atoms with E-state index in [4.69, 9.17) is 4.74 Å². The summed E-state index contributed by atoms with van der Waals surface area (Å²) >= 11 is 0. The summed E-state index contributed by atoms with van der Waals surface area (Å²) in [5.41, 5.74) is 6.75. The van der Waals surface area contributed by atoms with Gasteiger partial charge in [-0.15, -0.1) is 0 Å². The fourth-order valence-electron chi connectivity index (χ4n) is 4.28. The molecular formula is C26H29NO4S. The number of fused-ring (bicyclic) bond motifs is 1. The maximum Gasteiger partial charge on any atom is 0.148 e. The van der Waals surface area contributed by atoms with Crippen molar-refractivity contribution in [2.45, 2.75) is 32.1 Å². The van der Waals surface area contributed by atoms with Crippen LogP contribution in [0, 0.1) is 6.92 Å². The Hall–Kier alpha value is -2.67. The first-order chi connectivity index (χ1) is 15.3. The molecule has 5 nitrogen and oxygen atoms in total. The summed E-state index contributed by atoms with van der Waals surface area (Å²) < 4.78 is 28.8. The fraction of sp³-hybridized carbons (Fsp3) is 0.308. The first kappa shape index (κ1) is 22.5. The second-order valence-electron chi connectivity index (χ2n) is 8.44. The van der Waals surface area contributed by atoms with Crippen molar-refractivity contribution in [2.75, 3.05) is 18.6 Å². The van der Waals surface area contributed by atoms with E-state index in [-0.39, 0.29) is 11.8 Å². The molecule has 0 heterocycles. The Morgan fingerprint density at radius 3 is 2.59 bits per heavy atom. The largest absolute Gasteiger partial charge is 0.489 e. The van der Waals surface area contributed by atoms with Crippen LogP contribution in [0.1, 0.15) is 28.3 Å². The second-order valence-corrected chi connectivity index (χ2v) is 10.7. The van der Waals surface area contributed by atoms with Crippen molar-refractivity contribution in [3.8, 4) is 16.9 Å². The molecule has 0 bridgehead atoms. The number of hydrogen-bond donors (Lipinski definition) is 2. The van der Waals surface area contributed by atoms with Crippen LogP contribution < -0.4 is 10.1 Å². The van der Waals surface area contributed by atoms with Crippen molar-refractivity contribution in [2.24, 2.45) is 0 Å². The van der Waals surface area contributed by atoms with E-state index in [0.29, 0.717) is 19.6 Å². The predicted octanol–water partition coefficient (Wildman–Crippen LogP) is 3.83. The summed E-state index contributed by atoms with van der Waals surface area (Å²) in [5.74, 6) is 0.811. The van der Waals surface area contributed by atoms with E-state index >= 15 is 0 Å². The first-order valence-corrected chi connectivity index (χ1v) is 12.9. The van der Waals surface area contributed by atoms with Crippen molar-refractivity contribution in [1.82, 2.24) is 5.32 Å².